The van der Waals surface area contributed by atoms with Gasteiger partial charge in [-0.2, -0.15) is 17.0 Å². The highest BCUT2D eigenvalue weighted by Gasteiger charge is 2.30. The first-order valence-electron chi connectivity index (χ1n) is 6.94. The molecule has 0 amide bonds. The summed E-state index contributed by atoms with van der Waals surface area (Å²) in [4.78, 5) is 0. The average Bonchev–Trinajstić information content (AvgIpc) is 2.37. The van der Waals surface area contributed by atoms with Crippen LogP contribution in [0.2, 0.25) is 0 Å². The van der Waals surface area contributed by atoms with Crippen molar-refractivity contribution in [1.82, 2.24) is 13.9 Å². The Labute approximate surface area is 124 Å². The molecule has 1 saturated heterocycles. The van der Waals surface area contributed by atoms with Crippen LogP contribution in [0.4, 0.5) is 0 Å². The van der Waals surface area contributed by atoms with E-state index < -0.39 is 10.2 Å². The summed E-state index contributed by atoms with van der Waals surface area (Å²) in [5, 5.41) is 3.34. The number of nitrogens with zero attached hydrogens (tertiary/aromatic N) is 2. The summed E-state index contributed by atoms with van der Waals surface area (Å²) in [5.41, 5.74) is 0. The molecule has 0 radical (unpaired) electrons. The van der Waals surface area contributed by atoms with Crippen molar-refractivity contribution in [1.29, 1.82) is 0 Å². The second-order valence-electron chi connectivity index (χ2n) is 4.98. The molecule has 1 rings (SSSR count). The molecule has 0 aromatic carbocycles. The number of rotatable bonds is 7. The quantitative estimate of drug-likeness (QED) is 0.771. The van der Waals surface area contributed by atoms with E-state index in [1.54, 1.807) is 11.4 Å². The number of halogens is 1. The molecule has 19 heavy (non-hydrogen) atoms. The van der Waals surface area contributed by atoms with Gasteiger partial charge in [0.05, 0.1) is 0 Å². The molecule has 7 heteroatoms. The van der Waals surface area contributed by atoms with Gasteiger partial charge in [0, 0.05) is 26.7 Å². The molecule has 0 aromatic rings. The Balaban J connectivity index is 0.00000324. The van der Waals surface area contributed by atoms with Gasteiger partial charge in [-0.25, -0.2) is 0 Å². The number of hydrogen-bond donors (Lipinski definition) is 1. The molecule has 0 bridgehead atoms. The molecule has 116 valence electrons. The van der Waals surface area contributed by atoms with Gasteiger partial charge in [0.25, 0.3) is 10.2 Å². The smallest absolute Gasteiger partial charge is 0.281 e. The summed E-state index contributed by atoms with van der Waals surface area (Å²) < 4.78 is 27.6. The molecule has 0 atom stereocenters. The van der Waals surface area contributed by atoms with E-state index in [2.05, 4.69) is 12.2 Å². The average molecular weight is 314 g/mol. The molecule has 1 fully saturated rings. The number of nitrogens with one attached hydrogen (secondary N) is 1. The van der Waals surface area contributed by atoms with E-state index in [1.165, 1.54) is 4.31 Å². The second kappa shape index (κ2) is 9.13. The molecule has 0 spiro atoms. The minimum absolute atomic E-state index is 0. The maximum absolute atomic E-state index is 12.2. The molecule has 5 nitrogen and oxygen atoms in total. The fourth-order valence-electron chi connectivity index (χ4n) is 2.32. The third kappa shape index (κ3) is 5.55. The monoisotopic (exact) mass is 313 g/mol. The van der Waals surface area contributed by atoms with Crippen LogP contribution in [0.5, 0.6) is 0 Å². The predicted octanol–water partition coefficient (Wildman–Crippen LogP) is 1.32. The first-order chi connectivity index (χ1) is 8.52. The molecule has 0 saturated carbocycles. The Hall–Kier alpha value is 0.120. The lowest BCUT2D eigenvalue weighted by molar-refractivity contribution is 0.254. The van der Waals surface area contributed by atoms with Crippen molar-refractivity contribution in [2.45, 2.75) is 33.1 Å². The van der Waals surface area contributed by atoms with Gasteiger partial charge >= 0.3 is 0 Å². The van der Waals surface area contributed by atoms with E-state index in [1.807, 2.05) is 6.92 Å². The summed E-state index contributed by atoms with van der Waals surface area (Å²) in [7, 11) is -1.55. The van der Waals surface area contributed by atoms with Gasteiger partial charge < -0.3 is 5.32 Å². The third-order valence-corrected chi connectivity index (χ3v) is 5.50. The topological polar surface area (TPSA) is 52.7 Å². The van der Waals surface area contributed by atoms with Gasteiger partial charge in [0.1, 0.15) is 0 Å². The lowest BCUT2D eigenvalue weighted by atomic mass is 9.98. The van der Waals surface area contributed by atoms with Crippen molar-refractivity contribution in [2.24, 2.45) is 5.92 Å². The molecule has 1 heterocycles. The van der Waals surface area contributed by atoms with Crippen molar-refractivity contribution in [3.8, 4) is 0 Å². The van der Waals surface area contributed by atoms with Crippen LogP contribution in [0.15, 0.2) is 0 Å². The van der Waals surface area contributed by atoms with E-state index in [4.69, 9.17) is 0 Å². The highest BCUT2D eigenvalue weighted by molar-refractivity contribution is 7.86. The van der Waals surface area contributed by atoms with Crippen LogP contribution in [0.1, 0.15) is 33.1 Å². The Morgan fingerprint density at radius 3 is 2.32 bits per heavy atom. The summed E-state index contributed by atoms with van der Waals surface area (Å²) in [6.45, 7) is 8.00. The van der Waals surface area contributed by atoms with Gasteiger partial charge in [-0.05, 0) is 38.3 Å². The zero-order chi connectivity index (χ0) is 13.6. The predicted molar refractivity (Wildman–Crippen MR) is 81.9 cm³/mol. The van der Waals surface area contributed by atoms with Crippen molar-refractivity contribution >= 4 is 22.6 Å². The van der Waals surface area contributed by atoms with Crippen molar-refractivity contribution in [3.63, 3.8) is 0 Å². The highest BCUT2D eigenvalue weighted by atomic mass is 35.5. The SMILES string of the molecule is CCCN(C)S(=O)(=O)N1CCC(CNCC)CC1.Cl. The summed E-state index contributed by atoms with van der Waals surface area (Å²) in [5.74, 6) is 0.618. The van der Waals surface area contributed by atoms with E-state index in [-0.39, 0.29) is 12.4 Å². The lowest BCUT2D eigenvalue weighted by Crippen LogP contribution is -2.46. The lowest BCUT2D eigenvalue weighted by Gasteiger charge is -2.33. The van der Waals surface area contributed by atoms with Crippen LogP contribution in [0, 0.1) is 5.92 Å². The first kappa shape index (κ1) is 19.1. The zero-order valence-electron chi connectivity index (χ0n) is 12.3. The maximum atomic E-state index is 12.2. The second-order valence-corrected chi connectivity index (χ2v) is 7.01. The zero-order valence-corrected chi connectivity index (χ0v) is 13.9. The van der Waals surface area contributed by atoms with Crippen LogP contribution in [0.25, 0.3) is 0 Å². The van der Waals surface area contributed by atoms with E-state index >= 15 is 0 Å². The molecule has 0 unspecified atom stereocenters. The van der Waals surface area contributed by atoms with Gasteiger partial charge in [-0.3, -0.25) is 0 Å². The van der Waals surface area contributed by atoms with Gasteiger partial charge in [0.15, 0.2) is 0 Å². The molecular formula is C12H28ClN3O2S. The molecular weight excluding hydrogens is 286 g/mol. The van der Waals surface area contributed by atoms with Gasteiger partial charge in [-0.1, -0.05) is 13.8 Å². The third-order valence-electron chi connectivity index (χ3n) is 3.52. The fraction of sp³-hybridized carbons (Fsp3) is 1.00. The highest BCUT2D eigenvalue weighted by Crippen LogP contribution is 2.20. The Morgan fingerprint density at radius 2 is 1.84 bits per heavy atom. The van der Waals surface area contributed by atoms with Crippen LogP contribution < -0.4 is 5.32 Å². The van der Waals surface area contributed by atoms with Crippen molar-refractivity contribution < 1.29 is 8.42 Å². The summed E-state index contributed by atoms with van der Waals surface area (Å²) >= 11 is 0. The number of hydrogen-bond acceptors (Lipinski definition) is 3. The minimum atomic E-state index is -3.22. The van der Waals surface area contributed by atoms with Crippen molar-refractivity contribution in [3.05, 3.63) is 0 Å². The van der Waals surface area contributed by atoms with E-state index in [0.29, 0.717) is 25.6 Å². The summed E-state index contributed by atoms with van der Waals surface area (Å²) in [6.07, 6.45) is 2.78. The molecule has 1 N–H and O–H groups in total. The Bertz CT molecular complexity index is 330. The van der Waals surface area contributed by atoms with Crippen LogP contribution in [-0.4, -0.2) is 56.8 Å². The van der Waals surface area contributed by atoms with Crippen molar-refractivity contribution in [2.75, 3.05) is 39.8 Å². The van der Waals surface area contributed by atoms with E-state index in [9.17, 15) is 8.42 Å². The standard InChI is InChI=1S/C12H27N3O2S.ClH/c1-4-8-14(3)18(16,17)15-9-6-12(7-10-15)11-13-5-2;/h12-13H,4-11H2,1-3H3;1H. The molecule has 0 aromatic heterocycles. The minimum Gasteiger partial charge on any atom is -0.317 e. The first-order valence-corrected chi connectivity index (χ1v) is 8.34. The van der Waals surface area contributed by atoms with Crippen LogP contribution >= 0.6 is 12.4 Å². The molecule has 1 aliphatic heterocycles. The van der Waals surface area contributed by atoms with E-state index in [0.717, 1.165) is 32.4 Å². The Morgan fingerprint density at radius 1 is 1.26 bits per heavy atom. The maximum Gasteiger partial charge on any atom is 0.281 e. The number of piperidine rings is 1. The largest absolute Gasteiger partial charge is 0.317 e. The van der Waals surface area contributed by atoms with Crippen LogP contribution in [0.3, 0.4) is 0 Å². The Kier molecular flexibility index (Phi) is 9.19. The van der Waals surface area contributed by atoms with Gasteiger partial charge in [0.2, 0.25) is 0 Å². The van der Waals surface area contributed by atoms with Crippen LogP contribution in [-0.2, 0) is 10.2 Å². The fourth-order valence-corrected chi connectivity index (χ4v) is 3.80. The summed E-state index contributed by atoms with van der Waals surface area (Å²) in [6, 6.07) is 0. The molecule has 0 aliphatic carbocycles. The van der Waals surface area contributed by atoms with Gasteiger partial charge in [-0.15, -0.1) is 12.4 Å². The normalized spacial score (nSPS) is 18.5. The molecule has 1 aliphatic rings.